The zero-order valence-corrected chi connectivity index (χ0v) is 10.1. The summed E-state index contributed by atoms with van der Waals surface area (Å²) in [6.45, 7) is -0.0740. The minimum Gasteiger partial charge on any atom is -0.480 e. The van der Waals surface area contributed by atoms with Crippen LogP contribution in [0.15, 0.2) is 0 Å². The first-order valence-electron chi connectivity index (χ1n) is 5.69. The van der Waals surface area contributed by atoms with Gasteiger partial charge >= 0.3 is 13.1 Å². The van der Waals surface area contributed by atoms with Crippen LogP contribution in [0.3, 0.4) is 0 Å². The predicted molar refractivity (Wildman–Crippen MR) is 65.4 cm³/mol. The summed E-state index contributed by atoms with van der Waals surface area (Å²) in [5.41, 5.74) is 10.6. The maximum atomic E-state index is 11.0. The first-order chi connectivity index (χ1) is 8.38. The summed E-state index contributed by atoms with van der Waals surface area (Å²) < 4.78 is 0. The van der Waals surface area contributed by atoms with Gasteiger partial charge in [0.1, 0.15) is 6.04 Å². The molecule has 0 rings (SSSR count). The molecule has 0 spiro atoms. The summed E-state index contributed by atoms with van der Waals surface area (Å²) in [5.74, 6) is -2.02. The van der Waals surface area contributed by atoms with Crippen molar-refractivity contribution in [2.45, 2.75) is 25.2 Å². The number of hydrogen-bond acceptors (Lipinski definition) is 6. The molecule has 0 aromatic carbocycles. The van der Waals surface area contributed by atoms with Gasteiger partial charge in [0, 0.05) is 12.5 Å². The molecule has 8 N–H and O–H groups in total. The van der Waals surface area contributed by atoms with Crippen molar-refractivity contribution in [1.82, 2.24) is 5.32 Å². The highest BCUT2D eigenvalue weighted by Crippen LogP contribution is 2.12. The Kier molecular flexibility index (Phi) is 8.30. The van der Waals surface area contributed by atoms with Crippen molar-refractivity contribution in [2.75, 3.05) is 13.1 Å². The normalized spacial score (nSPS) is 13.8. The SMILES string of the molecule is NCC(=O)NC[C@H](CCCB(O)O)[C@H](N)C(=O)O. The van der Waals surface area contributed by atoms with Crippen LogP contribution in [0.5, 0.6) is 0 Å². The quantitative estimate of drug-likeness (QED) is 0.247. The summed E-state index contributed by atoms with van der Waals surface area (Å²) >= 11 is 0. The van der Waals surface area contributed by atoms with Gasteiger partial charge in [0.25, 0.3) is 0 Å². The fourth-order valence-corrected chi connectivity index (χ4v) is 1.49. The van der Waals surface area contributed by atoms with Gasteiger partial charge in [0.2, 0.25) is 5.91 Å². The molecule has 0 bridgehead atoms. The van der Waals surface area contributed by atoms with Gasteiger partial charge in [-0.05, 0) is 12.7 Å². The topological polar surface area (TPSA) is 159 Å². The van der Waals surface area contributed by atoms with Crippen LogP contribution in [-0.4, -0.2) is 53.3 Å². The second-order valence-electron chi connectivity index (χ2n) is 4.04. The average molecular weight is 261 g/mol. The van der Waals surface area contributed by atoms with E-state index in [1.165, 1.54) is 0 Å². The molecule has 0 saturated carbocycles. The molecule has 0 aliphatic rings. The number of aliphatic carboxylic acids is 1. The third-order valence-electron chi connectivity index (χ3n) is 2.58. The van der Waals surface area contributed by atoms with Crippen LogP contribution in [0.4, 0.5) is 0 Å². The molecule has 0 aliphatic carbocycles. The molecule has 0 fully saturated rings. The molecule has 0 heterocycles. The largest absolute Gasteiger partial charge is 0.480 e. The molecule has 18 heavy (non-hydrogen) atoms. The average Bonchev–Trinajstić information content (AvgIpc) is 2.31. The number of carbonyl (C=O) groups is 2. The summed E-state index contributed by atoms with van der Waals surface area (Å²) in [5, 5.41) is 28.7. The lowest BCUT2D eigenvalue weighted by Gasteiger charge is -2.21. The lowest BCUT2D eigenvalue weighted by Crippen LogP contribution is -2.45. The van der Waals surface area contributed by atoms with Crippen LogP contribution in [0, 0.1) is 5.92 Å². The zero-order chi connectivity index (χ0) is 14.1. The smallest absolute Gasteiger partial charge is 0.451 e. The molecule has 104 valence electrons. The maximum Gasteiger partial charge on any atom is 0.451 e. The van der Waals surface area contributed by atoms with E-state index >= 15 is 0 Å². The molecule has 0 radical (unpaired) electrons. The van der Waals surface area contributed by atoms with Crippen LogP contribution in [-0.2, 0) is 9.59 Å². The first kappa shape index (κ1) is 16.8. The molecule has 8 nitrogen and oxygen atoms in total. The van der Waals surface area contributed by atoms with E-state index in [0.29, 0.717) is 12.8 Å². The molecule has 1 amide bonds. The van der Waals surface area contributed by atoms with Crippen molar-refractivity contribution in [1.29, 1.82) is 0 Å². The molecule has 2 atom stereocenters. The van der Waals surface area contributed by atoms with Crippen molar-refractivity contribution in [2.24, 2.45) is 17.4 Å². The summed E-state index contributed by atoms with van der Waals surface area (Å²) in [4.78, 5) is 21.8. The Morgan fingerprint density at radius 1 is 1.33 bits per heavy atom. The van der Waals surface area contributed by atoms with E-state index in [1.807, 2.05) is 0 Å². The van der Waals surface area contributed by atoms with Crippen LogP contribution < -0.4 is 16.8 Å². The molecule has 0 aliphatic heterocycles. The molecule has 0 aromatic rings. The van der Waals surface area contributed by atoms with Crippen LogP contribution in [0.25, 0.3) is 0 Å². The van der Waals surface area contributed by atoms with Gasteiger partial charge in [0.05, 0.1) is 6.54 Å². The van der Waals surface area contributed by atoms with Crippen LogP contribution in [0.2, 0.25) is 6.32 Å². The van der Waals surface area contributed by atoms with Crippen molar-refractivity contribution < 1.29 is 24.7 Å². The lowest BCUT2D eigenvalue weighted by atomic mass is 9.81. The Balaban J connectivity index is 4.24. The van der Waals surface area contributed by atoms with E-state index in [1.54, 1.807) is 0 Å². The molecule has 9 heteroatoms. The Labute approximate surface area is 105 Å². The molecular formula is C9H20BN3O5. The molecule has 0 aromatic heterocycles. The summed E-state index contributed by atoms with van der Waals surface area (Å²) in [6, 6.07) is -1.11. The monoisotopic (exact) mass is 261 g/mol. The lowest BCUT2D eigenvalue weighted by molar-refractivity contribution is -0.140. The minimum absolute atomic E-state index is 0.102. The highest BCUT2D eigenvalue weighted by molar-refractivity contribution is 6.40. The highest BCUT2D eigenvalue weighted by atomic mass is 16.4. The number of carbonyl (C=O) groups excluding carboxylic acids is 1. The van der Waals surface area contributed by atoms with Gasteiger partial charge in [-0.25, -0.2) is 0 Å². The van der Waals surface area contributed by atoms with E-state index in [-0.39, 0.29) is 25.3 Å². The summed E-state index contributed by atoms with van der Waals surface area (Å²) in [7, 11) is -1.43. The van der Waals surface area contributed by atoms with Gasteiger partial charge in [-0.1, -0.05) is 6.42 Å². The highest BCUT2D eigenvalue weighted by Gasteiger charge is 2.24. The predicted octanol–water partition coefficient (Wildman–Crippen LogP) is -2.66. The first-order valence-corrected chi connectivity index (χ1v) is 5.69. The number of nitrogens with one attached hydrogen (secondary N) is 1. The van der Waals surface area contributed by atoms with E-state index in [4.69, 9.17) is 26.6 Å². The summed E-state index contributed by atoms with van der Waals surface area (Å²) in [6.07, 6.45) is 0.908. The second kappa shape index (κ2) is 8.87. The van der Waals surface area contributed by atoms with Crippen LogP contribution in [0.1, 0.15) is 12.8 Å². The third kappa shape index (κ3) is 7.23. The molecule has 0 unspecified atom stereocenters. The molecular weight excluding hydrogens is 241 g/mol. The van der Waals surface area contributed by atoms with E-state index in [2.05, 4.69) is 5.32 Å². The van der Waals surface area contributed by atoms with Crippen LogP contribution >= 0.6 is 0 Å². The minimum atomic E-state index is -1.43. The Morgan fingerprint density at radius 3 is 2.39 bits per heavy atom. The zero-order valence-electron chi connectivity index (χ0n) is 10.1. The number of nitrogens with two attached hydrogens (primary N) is 2. The number of amides is 1. The fourth-order valence-electron chi connectivity index (χ4n) is 1.49. The van der Waals surface area contributed by atoms with Crippen molar-refractivity contribution in [3.8, 4) is 0 Å². The van der Waals surface area contributed by atoms with Gasteiger partial charge in [0.15, 0.2) is 0 Å². The number of rotatable bonds is 9. The van der Waals surface area contributed by atoms with E-state index in [0.717, 1.165) is 0 Å². The van der Waals surface area contributed by atoms with Crippen molar-refractivity contribution in [3.63, 3.8) is 0 Å². The van der Waals surface area contributed by atoms with E-state index in [9.17, 15) is 9.59 Å². The Bertz CT molecular complexity index is 277. The molecule has 0 saturated heterocycles. The number of carboxylic acids is 1. The Hall–Kier alpha value is -1.16. The van der Waals surface area contributed by atoms with Gasteiger partial charge in [-0.3, -0.25) is 9.59 Å². The standard InChI is InChI=1S/C9H20BN3O5/c11-4-7(14)13-5-6(8(12)9(15)16)2-1-3-10(17)18/h6,8,17-18H,1-5,11-12H2,(H,13,14)(H,15,16)/t6-,8-/m0/s1. The maximum absolute atomic E-state index is 11.0. The Morgan fingerprint density at radius 2 is 1.94 bits per heavy atom. The fraction of sp³-hybridized carbons (Fsp3) is 0.778. The van der Waals surface area contributed by atoms with Gasteiger partial charge in [-0.15, -0.1) is 0 Å². The number of hydrogen-bond donors (Lipinski definition) is 6. The van der Waals surface area contributed by atoms with Gasteiger partial charge in [-0.2, -0.15) is 0 Å². The van der Waals surface area contributed by atoms with Gasteiger partial charge < -0.3 is 31.9 Å². The van der Waals surface area contributed by atoms with Crippen molar-refractivity contribution >= 4 is 19.0 Å². The van der Waals surface area contributed by atoms with E-state index < -0.39 is 25.0 Å². The second-order valence-corrected chi connectivity index (χ2v) is 4.04. The van der Waals surface area contributed by atoms with Crippen molar-refractivity contribution in [3.05, 3.63) is 0 Å². The third-order valence-corrected chi connectivity index (χ3v) is 2.58. The number of carboxylic acid groups (broad SMARTS) is 1.